The van der Waals surface area contributed by atoms with E-state index in [4.69, 9.17) is 10.8 Å². The lowest BCUT2D eigenvalue weighted by Crippen LogP contribution is -2.14. The summed E-state index contributed by atoms with van der Waals surface area (Å²) in [6, 6.07) is 1.23. The first-order chi connectivity index (χ1) is 5.11. The van der Waals surface area contributed by atoms with Crippen LogP contribution in [0.25, 0.3) is 0 Å². The molecule has 0 fully saturated rings. The number of hydrogen-bond donors (Lipinski definition) is 2. The van der Waals surface area contributed by atoms with Crippen LogP contribution in [0.4, 0.5) is 4.79 Å². The Morgan fingerprint density at radius 3 is 2.55 bits per heavy atom. The van der Waals surface area contributed by atoms with Gasteiger partial charge in [-0.05, 0) is 6.07 Å². The van der Waals surface area contributed by atoms with E-state index in [2.05, 4.69) is 5.10 Å². The summed E-state index contributed by atoms with van der Waals surface area (Å²) < 4.78 is 0.611. The van der Waals surface area contributed by atoms with E-state index in [9.17, 15) is 9.59 Å². The molecule has 58 valence electrons. The fourth-order valence-electron chi connectivity index (χ4n) is 0.562. The Morgan fingerprint density at radius 1 is 1.64 bits per heavy atom. The SMILES string of the molecule is NC(=O)c1ccn(C(=O)O)n1. The molecule has 0 atom stereocenters. The van der Waals surface area contributed by atoms with E-state index in [0.29, 0.717) is 4.68 Å². The summed E-state index contributed by atoms with van der Waals surface area (Å²) in [5, 5.41) is 11.7. The lowest BCUT2D eigenvalue weighted by Gasteiger charge is -1.87. The van der Waals surface area contributed by atoms with Crippen LogP contribution in [-0.4, -0.2) is 26.9 Å². The molecule has 1 aromatic rings. The Balaban J connectivity index is 2.99. The van der Waals surface area contributed by atoms with Crippen LogP contribution < -0.4 is 5.73 Å². The van der Waals surface area contributed by atoms with Crippen LogP contribution in [-0.2, 0) is 0 Å². The quantitative estimate of drug-likeness (QED) is 0.571. The molecule has 0 saturated carbocycles. The molecule has 0 aromatic carbocycles. The molecule has 0 aliphatic rings. The van der Waals surface area contributed by atoms with E-state index < -0.39 is 12.0 Å². The van der Waals surface area contributed by atoms with E-state index in [1.54, 1.807) is 0 Å². The van der Waals surface area contributed by atoms with Gasteiger partial charge < -0.3 is 10.8 Å². The van der Waals surface area contributed by atoms with Crippen molar-refractivity contribution in [2.75, 3.05) is 0 Å². The van der Waals surface area contributed by atoms with Gasteiger partial charge in [0.15, 0.2) is 5.69 Å². The molecule has 1 amide bonds. The van der Waals surface area contributed by atoms with Crippen LogP contribution in [0.1, 0.15) is 10.5 Å². The van der Waals surface area contributed by atoms with Gasteiger partial charge in [-0.25, -0.2) is 4.79 Å². The van der Waals surface area contributed by atoms with Crippen molar-refractivity contribution in [2.45, 2.75) is 0 Å². The van der Waals surface area contributed by atoms with Gasteiger partial charge in [0.1, 0.15) is 0 Å². The summed E-state index contributed by atoms with van der Waals surface area (Å²) in [5.74, 6) is -0.745. The molecule has 11 heavy (non-hydrogen) atoms. The third-order valence-electron chi connectivity index (χ3n) is 1.04. The van der Waals surface area contributed by atoms with E-state index in [-0.39, 0.29) is 5.69 Å². The van der Waals surface area contributed by atoms with Gasteiger partial charge in [-0.15, -0.1) is 0 Å². The third-order valence-corrected chi connectivity index (χ3v) is 1.04. The molecule has 0 unspecified atom stereocenters. The molecular formula is C5H5N3O3. The summed E-state index contributed by atoms with van der Waals surface area (Å²) in [5.41, 5.74) is 4.76. The van der Waals surface area contributed by atoms with Crippen LogP contribution in [0.2, 0.25) is 0 Å². The van der Waals surface area contributed by atoms with Gasteiger partial charge in [-0.1, -0.05) is 0 Å². The average molecular weight is 155 g/mol. The summed E-state index contributed by atoms with van der Waals surface area (Å²) in [7, 11) is 0. The van der Waals surface area contributed by atoms with Gasteiger partial charge in [0, 0.05) is 6.20 Å². The maximum Gasteiger partial charge on any atom is 0.432 e. The molecule has 0 bridgehead atoms. The molecule has 6 heteroatoms. The Hall–Kier alpha value is -1.85. The third kappa shape index (κ3) is 1.34. The summed E-state index contributed by atoms with van der Waals surface area (Å²) in [4.78, 5) is 20.6. The predicted octanol–water partition coefficient (Wildman–Crippen LogP) is -0.492. The van der Waals surface area contributed by atoms with Crippen molar-refractivity contribution in [3.8, 4) is 0 Å². The van der Waals surface area contributed by atoms with Crippen LogP contribution in [0.15, 0.2) is 12.3 Å². The van der Waals surface area contributed by atoms with Gasteiger partial charge in [-0.2, -0.15) is 9.78 Å². The number of carboxylic acid groups (broad SMARTS) is 1. The number of rotatable bonds is 1. The second kappa shape index (κ2) is 2.41. The maximum atomic E-state index is 10.4. The first-order valence-corrected chi connectivity index (χ1v) is 2.70. The minimum Gasteiger partial charge on any atom is -0.463 e. The fraction of sp³-hybridized carbons (Fsp3) is 0. The van der Waals surface area contributed by atoms with Gasteiger partial charge in [-0.3, -0.25) is 4.79 Å². The second-order valence-electron chi connectivity index (χ2n) is 1.79. The summed E-state index contributed by atoms with van der Waals surface area (Å²) >= 11 is 0. The second-order valence-corrected chi connectivity index (χ2v) is 1.79. The molecule has 0 aliphatic heterocycles. The standard InChI is InChI=1S/C5H5N3O3/c6-4(9)3-1-2-8(7-3)5(10)11/h1-2H,(H2,6,9)(H,10,11). The van der Waals surface area contributed by atoms with Crippen LogP contribution >= 0.6 is 0 Å². The minimum absolute atomic E-state index is 0.0626. The van der Waals surface area contributed by atoms with E-state index in [1.165, 1.54) is 6.07 Å². The van der Waals surface area contributed by atoms with Crippen molar-refractivity contribution in [3.63, 3.8) is 0 Å². The highest BCUT2D eigenvalue weighted by atomic mass is 16.4. The minimum atomic E-state index is -1.25. The van der Waals surface area contributed by atoms with Crippen molar-refractivity contribution >= 4 is 12.0 Å². The van der Waals surface area contributed by atoms with Gasteiger partial charge in [0.2, 0.25) is 0 Å². The number of nitrogens with zero attached hydrogens (tertiary/aromatic N) is 2. The largest absolute Gasteiger partial charge is 0.463 e. The molecule has 1 rings (SSSR count). The highest BCUT2D eigenvalue weighted by Crippen LogP contribution is 1.92. The number of nitrogens with two attached hydrogens (primary N) is 1. The molecule has 0 saturated heterocycles. The van der Waals surface area contributed by atoms with Crippen LogP contribution in [0.5, 0.6) is 0 Å². The molecule has 1 aromatic heterocycles. The lowest BCUT2D eigenvalue weighted by molar-refractivity contribution is 0.0995. The molecule has 1 heterocycles. The van der Waals surface area contributed by atoms with Crippen molar-refractivity contribution in [3.05, 3.63) is 18.0 Å². The van der Waals surface area contributed by atoms with Gasteiger partial charge in [0.05, 0.1) is 0 Å². The number of hydrogen-bond acceptors (Lipinski definition) is 3. The normalized spacial score (nSPS) is 9.45. The van der Waals surface area contributed by atoms with E-state index in [1.807, 2.05) is 0 Å². The number of aromatic nitrogens is 2. The van der Waals surface area contributed by atoms with Gasteiger partial charge >= 0.3 is 6.09 Å². The zero-order valence-corrected chi connectivity index (χ0v) is 5.39. The highest BCUT2D eigenvalue weighted by molar-refractivity contribution is 5.91. The lowest BCUT2D eigenvalue weighted by atomic mass is 10.4. The average Bonchev–Trinajstić information content (AvgIpc) is 2.33. The number of carbonyl (C=O) groups is 2. The van der Waals surface area contributed by atoms with Gasteiger partial charge in [0.25, 0.3) is 5.91 Å². The number of primary amides is 1. The molecule has 0 aliphatic carbocycles. The first-order valence-electron chi connectivity index (χ1n) is 2.70. The van der Waals surface area contributed by atoms with Crippen molar-refractivity contribution in [2.24, 2.45) is 5.73 Å². The van der Waals surface area contributed by atoms with Crippen molar-refractivity contribution in [1.29, 1.82) is 0 Å². The van der Waals surface area contributed by atoms with E-state index >= 15 is 0 Å². The Labute approximate surface area is 61.2 Å². The Bertz CT molecular complexity index is 275. The van der Waals surface area contributed by atoms with Crippen molar-refractivity contribution in [1.82, 2.24) is 9.78 Å². The summed E-state index contributed by atoms with van der Waals surface area (Å²) in [6.45, 7) is 0. The smallest absolute Gasteiger partial charge is 0.432 e. The number of carbonyl (C=O) groups excluding carboxylic acids is 1. The monoisotopic (exact) mass is 155 g/mol. The molecule has 6 nitrogen and oxygen atoms in total. The Morgan fingerprint density at radius 2 is 2.27 bits per heavy atom. The zero-order valence-electron chi connectivity index (χ0n) is 5.39. The first kappa shape index (κ1) is 7.26. The molecular weight excluding hydrogens is 150 g/mol. The van der Waals surface area contributed by atoms with E-state index in [0.717, 1.165) is 6.20 Å². The highest BCUT2D eigenvalue weighted by Gasteiger charge is 2.07. The Kier molecular flexibility index (Phi) is 1.59. The predicted molar refractivity (Wildman–Crippen MR) is 34.2 cm³/mol. The van der Waals surface area contributed by atoms with Crippen LogP contribution in [0.3, 0.4) is 0 Å². The molecule has 0 radical (unpaired) electrons. The van der Waals surface area contributed by atoms with Crippen LogP contribution in [0, 0.1) is 0 Å². The topological polar surface area (TPSA) is 98.2 Å². The fourth-order valence-corrected chi connectivity index (χ4v) is 0.562. The maximum absolute atomic E-state index is 10.4. The molecule has 0 spiro atoms. The number of amides is 1. The zero-order chi connectivity index (χ0) is 8.43. The molecule has 3 N–H and O–H groups in total. The van der Waals surface area contributed by atoms with Crippen molar-refractivity contribution < 1.29 is 14.7 Å². The summed E-state index contributed by atoms with van der Waals surface area (Å²) in [6.07, 6.45) is -0.111.